The molecule has 2 atom stereocenters. The van der Waals surface area contributed by atoms with E-state index < -0.39 is 0 Å². The van der Waals surface area contributed by atoms with Crippen molar-refractivity contribution in [2.24, 2.45) is 0 Å². The molecule has 0 amide bonds. The van der Waals surface area contributed by atoms with E-state index in [2.05, 4.69) is 24.3 Å². The van der Waals surface area contributed by atoms with Gasteiger partial charge >= 0.3 is 0 Å². The Morgan fingerprint density at radius 1 is 0.568 bits per heavy atom. The summed E-state index contributed by atoms with van der Waals surface area (Å²) >= 11 is 0. The minimum atomic E-state index is -0.202. The molecule has 1 fully saturated rings. The molecule has 0 bridgehead atoms. The second-order valence-corrected chi connectivity index (χ2v) is 9.12. The van der Waals surface area contributed by atoms with E-state index in [0.717, 1.165) is 16.7 Å². The zero-order chi connectivity index (χ0) is 25.5. The third-order valence-electron chi connectivity index (χ3n) is 6.66. The third-order valence-corrected chi connectivity index (χ3v) is 6.66. The molecule has 1 saturated heterocycles. The largest absolute Gasteiger partial charge is 0.365 e. The van der Waals surface area contributed by atoms with E-state index in [4.69, 9.17) is 4.74 Å². The highest BCUT2D eigenvalue weighted by Gasteiger charge is 2.30. The highest BCUT2D eigenvalue weighted by Crippen LogP contribution is 2.43. The summed E-state index contributed by atoms with van der Waals surface area (Å²) in [6, 6.07) is 38.6. The Kier molecular flexibility index (Phi) is 7.63. The number of hydrogen-bond donors (Lipinski definition) is 0. The first-order valence-electron chi connectivity index (χ1n) is 12.5. The first-order valence-corrected chi connectivity index (χ1v) is 12.5. The van der Waals surface area contributed by atoms with E-state index >= 15 is 0 Å². The van der Waals surface area contributed by atoms with E-state index in [1.54, 1.807) is 18.2 Å². The zero-order valence-corrected chi connectivity index (χ0v) is 20.5. The summed E-state index contributed by atoms with van der Waals surface area (Å²) in [6.45, 7) is 0. The number of Topliss-reactive ketones (excluding diaryl/α,β-unsaturated/α-hetero) is 1. The van der Waals surface area contributed by atoms with Crippen molar-refractivity contribution in [3.05, 3.63) is 167 Å². The van der Waals surface area contributed by atoms with Gasteiger partial charge in [0.05, 0.1) is 12.2 Å². The van der Waals surface area contributed by atoms with Crippen molar-refractivity contribution in [1.29, 1.82) is 0 Å². The van der Waals surface area contributed by atoms with Gasteiger partial charge < -0.3 is 4.74 Å². The van der Waals surface area contributed by atoms with E-state index in [-0.39, 0.29) is 23.8 Å². The van der Waals surface area contributed by atoms with Crippen molar-refractivity contribution in [3.63, 3.8) is 0 Å². The number of ketones is 2. The molecule has 4 aromatic carbocycles. The van der Waals surface area contributed by atoms with Crippen LogP contribution in [0.4, 0.5) is 0 Å². The summed E-state index contributed by atoms with van der Waals surface area (Å²) in [5.41, 5.74) is 4.86. The highest BCUT2D eigenvalue weighted by atomic mass is 16.5. The van der Waals surface area contributed by atoms with Crippen LogP contribution in [0.1, 0.15) is 56.9 Å². The molecule has 1 heterocycles. The maximum absolute atomic E-state index is 13.8. The standard InChI is InChI=1S/C34H28O3/c35-31(25-13-5-1-6-14-25)22-21-30(34(36)28-19-11-4-12-20-28)29-23-32(26-15-7-2-8-16-26)37-33(24-29)27-17-9-3-10-18-27/h1-22,32-33H,23-24H2. The second-order valence-electron chi connectivity index (χ2n) is 9.12. The van der Waals surface area contributed by atoms with Crippen molar-refractivity contribution >= 4 is 11.6 Å². The zero-order valence-electron chi connectivity index (χ0n) is 20.5. The molecule has 3 nitrogen and oxygen atoms in total. The first kappa shape index (κ1) is 24.4. The topological polar surface area (TPSA) is 43.4 Å². The first-order chi connectivity index (χ1) is 18.2. The monoisotopic (exact) mass is 484 g/mol. The van der Waals surface area contributed by atoms with E-state index in [9.17, 15) is 9.59 Å². The van der Waals surface area contributed by atoms with Gasteiger partial charge in [-0.2, -0.15) is 0 Å². The third kappa shape index (κ3) is 5.91. The summed E-state index contributed by atoms with van der Waals surface area (Å²) < 4.78 is 6.58. The lowest BCUT2D eigenvalue weighted by Crippen LogP contribution is -2.20. The van der Waals surface area contributed by atoms with Gasteiger partial charge in [-0.25, -0.2) is 0 Å². The molecule has 0 N–H and O–H groups in total. The molecule has 1 aliphatic rings. The van der Waals surface area contributed by atoms with Crippen LogP contribution in [-0.4, -0.2) is 11.6 Å². The van der Waals surface area contributed by atoms with Gasteiger partial charge in [0.1, 0.15) is 0 Å². The maximum atomic E-state index is 13.8. The fraction of sp³-hybridized carbons (Fsp3) is 0.118. The summed E-state index contributed by atoms with van der Waals surface area (Å²) in [6.07, 6.45) is 3.97. The number of allylic oxidation sites excluding steroid dienone is 3. The molecule has 1 aliphatic heterocycles. The van der Waals surface area contributed by atoms with Crippen LogP contribution in [0.5, 0.6) is 0 Å². The number of carbonyl (C=O) groups excluding carboxylic acids is 2. The smallest absolute Gasteiger partial charge is 0.192 e. The number of ether oxygens (including phenoxy) is 1. The van der Waals surface area contributed by atoms with Gasteiger partial charge in [-0.15, -0.1) is 0 Å². The Labute approximate surface area is 217 Å². The van der Waals surface area contributed by atoms with Crippen molar-refractivity contribution in [2.45, 2.75) is 25.0 Å². The maximum Gasteiger partial charge on any atom is 0.192 e. The second kappa shape index (κ2) is 11.6. The van der Waals surface area contributed by atoms with Crippen LogP contribution in [0, 0.1) is 0 Å². The van der Waals surface area contributed by atoms with Crippen LogP contribution >= 0.6 is 0 Å². The van der Waals surface area contributed by atoms with Crippen LogP contribution in [0.3, 0.4) is 0 Å². The van der Waals surface area contributed by atoms with Crippen molar-refractivity contribution in [1.82, 2.24) is 0 Å². The van der Waals surface area contributed by atoms with Crippen LogP contribution in [0.25, 0.3) is 0 Å². The minimum absolute atomic E-state index is 0.0896. The minimum Gasteiger partial charge on any atom is -0.365 e. The molecular formula is C34H28O3. The fourth-order valence-corrected chi connectivity index (χ4v) is 4.73. The number of carbonyl (C=O) groups is 2. The van der Waals surface area contributed by atoms with Gasteiger partial charge in [0.15, 0.2) is 11.6 Å². The van der Waals surface area contributed by atoms with Crippen molar-refractivity contribution in [3.8, 4) is 0 Å². The summed E-state index contributed by atoms with van der Waals surface area (Å²) in [5, 5.41) is 0. The highest BCUT2D eigenvalue weighted by molar-refractivity contribution is 6.13. The van der Waals surface area contributed by atoms with Crippen LogP contribution < -0.4 is 0 Å². The predicted molar refractivity (Wildman–Crippen MR) is 146 cm³/mol. The molecule has 5 rings (SSSR count). The predicted octanol–water partition coefficient (Wildman–Crippen LogP) is 7.90. The lowest BCUT2D eigenvalue weighted by molar-refractivity contribution is -0.0350. The molecule has 0 spiro atoms. The van der Waals surface area contributed by atoms with Gasteiger partial charge in [-0.1, -0.05) is 127 Å². The Morgan fingerprint density at radius 3 is 1.49 bits per heavy atom. The average molecular weight is 485 g/mol. The SMILES string of the molecule is O=C(C=CC(C(=O)c1ccccc1)=C1CC(c2ccccc2)OC(c2ccccc2)C1)c1ccccc1. The molecule has 0 radical (unpaired) electrons. The molecule has 0 aromatic heterocycles. The molecule has 37 heavy (non-hydrogen) atoms. The van der Waals surface area contributed by atoms with Gasteiger partial charge in [-0.05, 0) is 36.1 Å². The van der Waals surface area contributed by atoms with Crippen LogP contribution in [0.15, 0.2) is 145 Å². The lowest BCUT2D eigenvalue weighted by Gasteiger charge is -2.33. The van der Waals surface area contributed by atoms with Crippen LogP contribution in [-0.2, 0) is 4.74 Å². The molecule has 0 saturated carbocycles. The van der Waals surface area contributed by atoms with E-state index in [1.165, 1.54) is 6.08 Å². The fourth-order valence-electron chi connectivity index (χ4n) is 4.73. The van der Waals surface area contributed by atoms with E-state index in [1.807, 2.05) is 84.9 Å². The summed E-state index contributed by atoms with van der Waals surface area (Å²) in [4.78, 5) is 26.7. The van der Waals surface area contributed by atoms with Crippen molar-refractivity contribution < 1.29 is 14.3 Å². The van der Waals surface area contributed by atoms with Gasteiger partial charge in [0.2, 0.25) is 0 Å². The Bertz CT molecular complexity index is 1360. The number of rotatable bonds is 7. The molecular weight excluding hydrogens is 456 g/mol. The Morgan fingerprint density at radius 2 is 1.00 bits per heavy atom. The number of hydrogen-bond acceptors (Lipinski definition) is 3. The molecule has 0 aliphatic carbocycles. The van der Waals surface area contributed by atoms with E-state index in [0.29, 0.717) is 29.5 Å². The summed E-state index contributed by atoms with van der Waals surface area (Å²) in [5.74, 6) is -0.223. The Hall–Kier alpha value is -4.34. The average Bonchev–Trinajstić information content (AvgIpc) is 2.98. The van der Waals surface area contributed by atoms with Gasteiger partial charge in [-0.3, -0.25) is 9.59 Å². The lowest BCUT2D eigenvalue weighted by atomic mass is 9.85. The summed E-state index contributed by atoms with van der Waals surface area (Å²) in [7, 11) is 0. The molecule has 2 unspecified atom stereocenters. The normalized spacial score (nSPS) is 17.5. The van der Waals surface area contributed by atoms with Gasteiger partial charge in [0.25, 0.3) is 0 Å². The number of benzene rings is 4. The Balaban J connectivity index is 1.59. The van der Waals surface area contributed by atoms with Crippen LogP contribution in [0.2, 0.25) is 0 Å². The molecule has 182 valence electrons. The van der Waals surface area contributed by atoms with Crippen molar-refractivity contribution in [2.75, 3.05) is 0 Å². The molecule has 3 heteroatoms. The van der Waals surface area contributed by atoms with Gasteiger partial charge in [0, 0.05) is 16.7 Å². The quantitative estimate of drug-likeness (QED) is 0.198. The molecule has 4 aromatic rings.